The highest BCUT2D eigenvalue weighted by Gasteiger charge is 2.19. The van der Waals surface area contributed by atoms with Gasteiger partial charge in [0.15, 0.2) is 22.5 Å². The molecule has 3 aromatic carbocycles. The Labute approximate surface area is 231 Å². The molecular weight excluding hydrogens is 514 g/mol. The first-order valence-corrected chi connectivity index (χ1v) is 13.2. The zero-order chi connectivity index (χ0) is 28.0. The lowest BCUT2D eigenvalue weighted by atomic mass is 9.87. The van der Waals surface area contributed by atoms with Crippen LogP contribution in [0, 0.1) is 0 Å². The fourth-order valence-electron chi connectivity index (χ4n) is 3.78. The largest absolute Gasteiger partial charge is 0.504 e. The number of benzene rings is 3. The van der Waals surface area contributed by atoms with Gasteiger partial charge < -0.3 is 14.6 Å². The first kappa shape index (κ1) is 27.7. The minimum absolute atomic E-state index is 0.0321. The number of hydrazone groups is 1. The van der Waals surface area contributed by atoms with Crippen molar-refractivity contribution in [2.75, 3.05) is 20.0 Å². The van der Waals surface area contributed by atoms with Crippen molar-refractivity contribution in [3.8, 4) is 34.3 Å². The van der Waals surface area contributed by atoms with Gasteiger partial charge in [-0.15, -0.1) is 10.2 Å². The van der Waals surface area contributed by atoms with E-state index in [9.17, 15) is 9.90 Å². The second-order valence-corrected chi connectivity index (χ2v) is 10.6. The van der Waals surface area contributed by atoms with E-state index < -0.39 is 0 Å². The van der Waals surface area contributed by atoms with Gasteiger partial charge in [0.2, 0.25) is 0 Å². The number of amides is 1. The number of ether oxygens (including phenoxy) is 2. The van der Waals surface area contributed by atoms with E-state index in [0.29, 0.717) is 22.3 Å². The maximum Gasteiger partial charge on any atom is 0.250 e. The fraction of sp³-hybridized carbons (Fsp3) is 0.241. The molecule has 39 heavy (non-hydrogen) atoms. The molecule has 2 N–H and O–H groups in total. The van der Waals surface area contributed by atoms with Crippen LogP contribution in [0.4, 0.5) is 0 Å². The van der Waals surface area contributed by atoms with Crippen molar-refractivity contribution in [2.24, 2.45) is 5.10 Å². The highest BCUT2D eigenvalue weighted by molar-refractivity contribution is 7.99. The number of hydrogen-bond donors (Lipinski definition) is 2. The number of para-hydroxylation sites is 1. The molecule has 0 bridgehead atoms. The summed E-state index contributed by atoms with van der Waals surface area (Å²) in [5.41, 5.74) is 5.90. The molecule has 202 valence electrons. The third kappa shape index (κ3) is 6.58. The van der Waals surface area contributed by atoms with Gasteiger partial charge in [0, 0.05) is 16.8 Å². The summed E-state index contributed by atoms with van der Waals surface area (Å²) >= 11 is 1.24. The van der Waals surface area contributed by atoms with Crippen molar-refractivity contribution >= 4 is 23.9 Å². The summed E-state index contributed by atoms with van der Waals surface area (Å²) in [6, 6.07) is 20.9. The zero-order valence-electron chi connectivity index (χ0n) is 22.5. The van der Waals surface area contributed by atoms with Crippen LogP contribution in [-0.2, 0) is 10.2 Å². The second-order valence-electron chi connectivity index (χ2n) is 9.65. The highest BCUT2D eigenvalue weighted by atomic mass is 32.2. The number of rotatable bonds is 9. The van der Waals surface area contributed by atoms with Crippen LogP contribution in [0.3, 0.4) is 0 Å². The molecule has 9 nitrogen and oxygen atoms in total. The van der Waals surface area contributed by atoms with E-state index in [0.717, 1.165) is 17.0 Å². The summed E-state index contributed by atoms with van der Waals surface area (Å²) < 4.78 is 12.3. The maximum absolute atomic E-state index is 12.5. The van der Waals surface area contributed by atoms with Crippen molar-refractivity contribution in [3.05, 3.63) is 77.9 Å². The molecule has 1 aromatic heterocycles. The lowest BCUT2D eigenvalue weighted by Gasteiger charge is -2.19. The molecule has 10 heteroatoms. The van der Waals surface area contributed by atoms with Crippen molar-refractivity contribution < 1.29 is 19.4 Å². The topological polar surface area (TPSA) is 111 Å². The number of thioether (sulfide) groups is 1. The molecule has 0 spiro atoms. The SMILES string of the molecule is COc1ccc(-n2c(SCC(=O)NN=Cc3cccc(OC)c3O)nnc2-c2ccc(C(C)(C)C)cc2)cc1. The average Bonchev–Trinajstić information content (AvgIpc) is 3.36. The van der Waals surface area contributed by atoms with Crippen LogP contribution >= 0.6 is 11.8 Å². The lowest BCUT2D eigenvalue weighted by molar-refractivity contribution is -0.118. The van der Waals surface area contributed by atoms with Gasteiger partial charge in [-0.05, 0) is 47.4 Å². The van der Waals surface area contributed by atoms with E-state index in [1.807, 2.05) is 41.0 Å². The summed E-state index contributed by atoms with van der Waals surface area (Å²) in [5.74, 6) is 1.38. The minimum atomic E-state index is -0.334. The summed E-state index contributed by atoms with van der Waals surface area (Å²) in [6.07, 6.45) is 1.36. The van der Waals surface area contributed by atoms with E-state index >= 15 is 0 Å². The van der Waals surface area contributed by atoms with Crippen molar-refractivity contribution in [1.82, 2.24) is 20.2 Å². The number of aromatic nitrogens is 3. The Hall–Kier alpha value is -4.31. The first-order valence-electron chi connectivity index (χ1n) is 12.2. The number of hydrogen-bond acceptors (Lipinski definition) is 8. The van der Waals surface area contributed by atoms with Crippen LogP contribution in [0.5, 0.6) is 17.2 Å². The summed E-state index contributed by atoms with van der Waals surface area (Å²) in [7, 11) is 3.08. The van der Waals surface area contributed by atoms with Crippen LogP contribution in [-0.4, -0.2) is 52.0 Å². The standard InChI is InChI=1S/C29H31N5O4S/c1-29(2,3)21-11-9-19(10-12-21)27-32-33-28(34(27)22-13-15-23(37-4)16-14-22)39-18-25(35)31-30-17-20-7-6-8-24(38-5)26(20)36/h6-17,36H,18H2,1-5H3,(H,31,35). The molecule has 4 aromatic rings. The Morgan fingerprint density at radius 1 is 1.03 bits per heavy atom. The van der Waals surface area contributed by atoms with Crippen LogP contribution in [0.1, 0.15) is 31.9 Å². The minimum Gasteiger partial charge on any atom is -0.504 e. The van der Waals surface area contributed by atoms with Gasteiger partial charge in [0.25, 0.3) is 5.91 Å². The maximum atomic E-state index is 12.5. The van der Waals surface area contributed by atoms with Gasteiger partial charge in [-0.25, -0.2) is 5.43 Å². The molecule has 4 rings (SSSR count). The van der Waals surface area contributed by atoms with Gasteiger partial charge in [-0.1, -0.05) is 62.9 Å². The molecule has 1 heterocycles. The molecule has 0 aliphatic heterocycles. The summed E-state index contributed by atoms with van der Waals surface area (Å²) in [5, 5.41) is 23.5. The van der Waals surface area contributed by atoms with Gasteiger partial charge in [-0.2, -0.15) is 5.10 Å². The number of aromatic hydroxyl groups is 1. The zero-order valence-corrected chi connectivity index (χ0v) is 23.3. The van der Waals surface area contributed by atoms with Crippen LogP contribution in [0.15, 0.2) is 77.0 Å². The number of carbonyl (C=O) groups is 1. The lowest BCUT2D eigenvalue weighted by Crippen LogP contribution is -2.20. The van der Waals surface area contributed by atoms with Crippen LogP contribution < -0.4 is 14.9 Å². The van der Waals surface area contributed by atoms with Gasteiger partial charge >= 0.3 is 0 Å². The fourth-order valence-corrected chi connectivity index (χ4v) is 4.52. The smallest absolute Gasteiger partial charge is 0.250 e. The molecule has 0 unspecified atom stereocenters. The predicted octanol–water partition coefficient (Wildman–Crippen LogP) is 5.20. The quantitative estimate of drug-likeness (QED) is 0.169. The molecule has 0 radical (unpaired) electrons. The van der Waals surface area contributed by atoms with Gasteiger partial charge in [-0.3, -0.25) is 9.36 Å². The number of nitrogens with one attached hydrogen (secondary N) is 1. The van der Waals surface area contributed by atoms with Gasteiger partial charge in [0.05, 0.1) is 26.2 Å². The highest BCUT2D eigenvalue weighted by Crippen LogP contribution is 2.31. The Balaban J connectivity index is 1.54. The van der Waals surface area contributed by atoms with Crippen molar-refractivity contribution in [2.45, 2.75) is 31.3 Å². The molecule has 0 saturated carbocycles. The number of methoxy groups -OCH3 is 2. The average molecular weight is 546 g/mol. The summed E-state index contributed by atoms with van der Waals surface area (Å²) in [4.78, 5) is 12.5. The molecule has 0 fully saturated rings. The molecule has 0 aliphatic carbocycles. The van der Waals surface area contributed by atoms with Gasteiger partial charge in [0.1, 0.15) is 5.75 Å². The molecule has 0 saturated heterocycles. The number of nitrogens with zero attached hydrogens (tertiary/aromatic N) is 4. The second kappa shape index (κ2) is 12.0. The molecular formula is C29H31N5O4S. The normalized spacial score (nSPS) is 11.5. The van der Waals surface area contributed by atoms with E-state index in [1.54, 1.807) is 25.3 Å². The Morgan fingerprint density at radius 2 is 1.74 bits per heavy atom. The van der Waals surface area contributed by atoms with E-state index in [-0.39, 0.29) is 22.8 Å². The monoisotopic (exact) mass is 545 g/mol. The van der Waals surface area contributed by atoms with Crippen molar-refractivity contribution in [3.63, 3.8) is 0 Å². The molecule has 0 atom stereocenters. The Morgan fingerprint density at radius 3 is 2.38 bits per heavy atom. The summed E-state index contributed by atoms with van der Waals surface area (Å²) in [6.45, 7) is 6.52. The Bertz CT molecular complexity index is 1460. The molecule has 1 amide bonds. The number of phenolic OH excluding ortho intramolecular Hbond substituents is 1. The van der Waals surface area contributed by atoms with Crippen LogP contribution in [0.2, 0.25) is 0 Å². The third-order valence-corrected chi connectivity index (χ3v) is 6.88. The number of carbonyl (C=O) groups excluding carboxylic acids is 1. The Kier molecular flexibility index (Phi) is 8.55. The van der Waals surface area contributed by atoms with E-state index in [4.69, 9.17) is 9.47 Å². The molecule has 0 aliphatic rings. The van der Waals surface area contributed by atoms with E-state index in [1.165, 1.54) is 30.6 Å². The first-order chi connectivity index (χ1) is 18.7. The third-order valence-electron chi connectivity index (χ3n) is 5.95. The number of phenols is 1. The van der Waals surface area contributed by atoms with Crippen LogP contribution in [0.25, 0.3) is 17.1 Å². The predicted molar refractivity (Wildman–Crippen MR) is 153 cm³/mol. The van der Waals surface area contributed by atoms with Crippen molar-refractivity contribution in [1.29, 1.82) is 0 Å². The van der Waals surface area contributed by atoms with E-state index in [2.05, 4.69) is 53.6 Å².